The van der Waals surface area contributed by atoms with Crippen molar-refractivity contribution < 1.29 is 9.72 Å². The van der Waals surface area contributed by atoms with Crippen LogP contribution in [0.5, 0.6) is 0 Å². The zero-order valence-corrected chi connectivity index (χ0v) is 13.4. The van der Waals surface area contributed by atoms with Gasteiger partial charge < -0.3 is 9.80 Å². The van der Waals surface area contributed by atoms with E-state index in [2.05, 4.69) is 22.6 Å². The summed E-state index contributed by atoms with van der Waals surface area (Å²) in [6.45, 7) is 1.99. The van der Waals surface area contributed by atoms with Gasteiger partial charge in [0.05, 0.1) is 4.92 Å². The maximum atomic E-state index is 11.5. The predicted molar refractivity (Wildman–Crippen MR) is 84.9 cm³/mol. The van der Waals surface area contributed by atoms with Crippen molar-refractivity contribution in [3.8, 4) is 0 Å². The number of amides is 1. The highest BCUT2D eigenvalue weighted by Gasteiger charge is 2.22. The van der Waals surface area contributed by atoms with Crippen LogP contribution in [0, 0.1) is 13.7 Å². The van der Waals surface area contributed by atoms with E-state index in [1.54, 1.807) is 12.1 Å². The summed E-state index contributed by atoms with van der Waals surface area (Å²) in [4.78, 5) is 25.9. The molecule has 0 unspecified atom stereocenters. The summed E-state index contributed by atoms with van der Waals surface area (Å²) in [6.07, 6.45) is 1.53. The van der Waals surface area contributed by atoms with Gasteiger partial charge in [-0.25, -0.2) is 0 Å². The minimum atomic E-state index is -0.366. The van der Waals surface area contributed by atoms with Gasteiger partial charge in [0, 0.05) is 42.7 Å². The van der Waals surface area contributed by atoms with Crippen LogP contribution < -0.4 is 4.90 Å². The van der Waals surface area contributed by atoms with Crippen molar-refractivity contribution in [1.29, 1.82) is 0 Å². The molecule has 0 radical (unpaired) electrons. The van der Waals surface area contributed by atoms with Crippen LogP contribution in [0.4, 0.5) is 11.4 Å². The molecule has 1 heterocycles. The fourth-order valence-electron chi connectivity index (χ4n) is 2.30. The van der Waals surface area contributed by atoms with Gasteiger partial charge >= 0.3 is 0 Å². The molecule has 1 aliphatic heterocycles. The van der Waals surface area contributed by atoms with Crippen LogP contribution in [-0.4, -0.2) is 42.4 Å². The Kier molecular flexibility index (Phi) is 4.79. The standard InChI is InChI=1S/C13H16IN3O3/c1-15(7-8-16-6-2-3-13(16)18)11-5-4-10(14)9-12(11)17(19)20/h4-5,9H,2-3,6-8H2,1H3. The summed E-state index contributed by atoms with van der Waals surface area (Å²) >= 11 is 2.06. The molecule has 1 aromatic rings. The highest BCUT2D eigenvalue weighted by molar-refractivity contribution is 14.1. The van der Waals surface area contributed by atoms with E-state index in [0.717, 1.165) is 16.5 Å². The van der Waals surface area contributed by atoms with Crippen molar-refractivity contribution in [2.45, 2.75) is 12.8 Å². The molecule has 20 heavy (non-hydrogen) atoms. The molecular weight excluding hydrogens is 373 g/mol. The number of rotatable bonds is 5. The molecule has 1 aromatic carbocycles. The molecule has 0 spiro atoms. The Bertz CT molecular complexity index is 536. The molecule has 2 rings (SSSR count). The second kappa shape index (κ2) is 6.38. The first kappa shape index (κ1) is 15.0. The number of nitro benzene ring substituents is 1. The lowest BCUT2D eigenvalue weighted by atomic mass is 10.2. The van der Waals surface area contributed by atoms with E-state index in [-0.39, 0.29) is 16.5 Å². The van der Waals surface area contributed by atoms with E-state index in [0.29, 0.717) is 25.2 Å². The van der Waals surface area contributed by atoms with Gasteiger partial charge in [0.2, 0.25) is 5.91 Å². The Hall–Kier alpha value is -1.38. The fourth-order valence-corrected chi connectivity index (χ4v) is 2.77. The number of likely N-dealkylation sites (tertiary alicyclic amines) is 1. The molecule has 6 nitrogen and oxygen atoms in total. The van der Waals surface area contributed by atoms with Crippen LogP contribution >= 0.6 is 22.6 Å². The highest BCUT2D eigenvalue weighted by atomic mass is 127. The Morgan fingerprint density at radius 3 is 2.85 bits per heavy atom. The molecule has 0 saturated carbocycles. The highest BCUT2D eigenvalue weighted by Crippen LogP contribution is 2.29. The van der Waals surface area contributed by atoms with E-state index in [1.165, 1.54) is 0 Å². The lowest BCUT2D eigenvalue weighted by Gasteiger charge is -2.23. The first-order chi connectivity index (χ1) is 9.49. The van der Waals surface area contributed by atoms with Gasteiger partial charge in [0.25, 0.3) is 5.69 Å². The summed E-state index contributed by atoms with van der Waals surface area (Å²) in [6, 6.07) is 5.17. The number of benzene rings is 1. The second-order valence-electron chi connectivity index (χ2n) is 4.80. The zero-order chi connectivity index (χ0) is 14.7. The third-order valence-corrected chi connectivity index (χ3v) is 4.09. The molecule has 0 atom stereocenters. The van der Waals surface area contributed by atoms with Crippen LogP contribution in [0.15, 0.2) is 18.2 Å². The van der Waals surface area contributed by atoms with Gasteiger partial charge in [0.1, 0.15) is 5.69 Å². The van der Waals surface area contributed by atoms with Crippen molar-refractivity contribution in [3.05, 3.63) is 31.9 Å². The van der Waals surface area contributed by atoms with Crippen LogP contribution in [0.3, 0.4) is 0 Å². The second-order valence-corrected chi connectivity index (χ2v) is 6.04. The molecule has 1 amide bonds. The number of carbonyl (C=O) groups is 1. The predicted octanol–water partition coefficient (Wildman–Crippen LogP) is 2.26. The number of carbonyl (C=O) groups excluding carboxylic acids is 1. The number of nitrogens with zero attached hydrogens (tertiary/aromatic N) is 3. The molecule has 1 fully saturated rings. The molecule has 0 bridgehead atoms. The molecule has 0 aromatic heterocycles. The smallest absolute Gasteiger partial charge is 0.293 e. The van der Waals surface area contributed by atoms with Crippen molar-refractivity contribution >= 4 is 39.9 Å². The molecule has 1 aliphatic rings. The van der Waals surface area contributed by atoms with E-state index in [4.69, 9.17) is 0 Å². The maximum Gasteiger partial charge on any atom is 0.293 e. The van der Waals surface area contributed by atoms with Crippen molar-refractivity contribution in [2.24, 2.45) is 0 Å². The van der Waals surface area contributed by atoms with Gasteiger partial charge in [-0.3, -0.25) is 14.9 Å². The SMILES string of the molecule is CN(CCN1CCCC1=O)c1ccc(I)cc1[N+](=O)[O-]. The Labute approximate surface area is 131 Å². The molecule has 0 N–H and O–H groups in total. The third kappa shape index (κ3) is 3.38. The number of anilines is 1. The largest absolute Gasteiger partial charge is 0.367 e. The molecule has 1 saturated heterocycles. The average molecular weight is 389 g/mol. The number of hydrogen-bond donors (Lipinski definition) is 0. The van der Waals surface area contributed by atoms with E-state index >= 15 is 0 Å². The van der Waals surface area contributed by atoms with Crippen LogP contribution in [-0.2, 0) is 4.79 Å². The van der Waals surface area contributed by atoms with E-state index in [9.17, 15) is 14.9 Å². The number of halogens is 1. The zero-order valence-electron chi connectivity index (χ0n) is 11.2. The average Bonchev–Trinajstić information content (AvgIpc) is 2.81. The summed E-state index contributed by atoms with van der Waals surface area (Å²) in [5, 5.41) is 11.1. The Balaban J connectivity index is 2.07. The van der Waals surface area contributed by atoms with Crippen molar-refractivity contribution in [1.82, 2.24) is 4.90 Å². The number of hydrogen-bond acceptors (Lipinski definition) is 4. The van der Waals surface area contributed by atoms with Gasteiger partial charge in [0.15, 0.2) is 0 Å². The van der Waals surface area contributed by atoms with E-state index in [1.807, 2.05) is 22.9 Å². The van der Waals surface area contributed by atoms with Gasteiger partial charge in [-0.2, -0.15) is 0 Å². The monoisotopic (exact) mass is 389 g/mol. The lowest BCUT2D eigenvalue weighted by Crippen LogP contribution is -2.34. The van der Waals surface area contributed by atoms with Crippen LogP contribution in [0.2, 0.25) is 0 Å². The first-order valence-electron chi connectivity index (χ1n) is 6.42. The first-order valence-corrected chi connectivity index (χ1v) is 7.50. The molecule has 0 aliphatic carbocycles. The normalized spacial score (nSPS) is 14.7. The molecule has 108 valence electrons. The summed E-state index contributed by atoms with van der Waals surface area (Å²) < 4.78 is 0.834. The van der Waals surface area contributed by atoms with Crippen molar-refractivity contribution in [2.75, 3.05) is 31.6 Å². The Morgan fingerprint density at radius 1 is 1.50 bits per heavy atom. The van der Waals surface area contributed by atoms with Gasteiger partial charge in [-0.1, -0.05) is 0 Å². The van der Waals surface area contributed by atoms with Crippen LogP contribution in [0.25, 0.3) is 0 Å². The van der Waals surface area contributed by atoms with Gasteiger partial charge in [-0.15, -0.1) is 0 Å². The minimum absolute atomic E-state index is 0.104. The molecule has 7 heteroatoms. The van der Waals surface area contributed by atoms with E-state index < -0.39 is 0 Å². The maximum absolute atomic E-state index is 11.5. The lowest BCUT2D eigenvalue weighted by molar-refractivity contribution is -0.384. The van der Waals surface area contributed by atoms with Crippen LogP contribution in [0.1, 0.15) is 12.8 Å². The summed E-state index contributed by atoms with van der Waals surface area (Å²) in [5.41, 5.74) is 0.689. The summed E-state index contributed by atoms with van der Waals surface area (Å²) in [5.74, 6) is 0.176. The fraction of sp³-hybridized carbons (Fsp3) is 0.462. The van der Waals surface area contributed by atoms with Gasteiger partial charge in [-0.05, 0) is 41.1 Å². The quantitative estimate of drug-likeness (QED) is 0.440. The number of likely N-dealkylation sites (N-methyl/N-ethyl adjacent to an activating group) is 1. The Morgan fingerprint density at radius 2 is 2.25 bits per heavy atom. The third-order valence-electron chi connectivity index (χ3n) is 3.42. The topological polar surface area (TPSA) is 66.7 Å². The minimum Gasteiger partial charge on any atom is -0.367 e. The summed E-state index contributed by atoms with van der Waals surface area (Å²) in [7, 11) is 1.82. The van der Waals surface area contributed by atoms with Crippen molar-refractivity contribution in [3.63, 3.8) is 0 Å². The number of nitro groups is 1. The molecular formula is C13H16IN3O3.